The van der Waals surface area contributed by atoms with Crippen molar-refractivity contribution in [2.24, 2.45) is 0 Å². The summed E-state index contributed by atoms with van der Waals surface area (Å²) >= 11 is 32.4. The summed E-state index contributed by atoms with van der Waals surface area (Å²) in [5.41, 5.74) is 0. The monoisotopic (exact) mass is 678 g/mol. The van der Waals surface area contributed by atoms with Crippen molar-refractivity contribution >= 4 is 64.0 Å². The lowest BCUT2D eigenvalue weighted by Crippen LogP contribution is -2.18. The van der Waals surface area contributed by atoms with E-state index in [9.17, 15) is 4.79 Å². The fourth-order valence-electron chi connectivity index (χ4n) is 5.17. The Labute approximate surface area is 280 Å². The topological polar surface area (TPSA) is 26.3 Å². The van der Waals surface area contributed by atoms with E-state index in [0.717, 1.165) is 83.5 Å². The maximum atomic E-state index is 12.0. The molecule has 41 heavy (non-hydrogen) atoms. The summed E-state index contributed by atoms with van der Waals surface area (Å²) in [5.74, 6) is -0.0771. The average Bonchev–Trinajstić information content (AvgIpc) is 2.95. The number of rotatable bonds is 31. The Balaban J connectivity index is 3.61. The predicted molar refractivity (Wildman–Crippen MR) is 186 cm³/mol. The Morgan fingerprint density at radius 2 is 0.951 bits per heavy atom. The van der Waals surface area contributed by atoms with Gasteiger partial charge in [0.05, 0.1) is 6.61 Å². The van der Waals surface area contributed by atoms with Crippen molar-refractivity contribution in [1.29, 1.82) is 0 Å². The average molecular weight is 681 g/mol. The van der Waals surface area contributed by atoms with Crippen LogP contribution in [0.5, 0.6) is 0 Å². The molecule has 0 aromatic rings. The maximum absolute atomic E-state index is 12.0. The molecule has 0 rings (SSSR count). The van der Waals surface area contributed by atoms with Crippen LogP contribution in [0.1, 0.15) is 174 Å². The smallest absolute Gasteiger partial charge is 0.305 e. The van der Waals surface area contributed by atoms with Crippen molar-refractivity contribution in [1.82, 2.24) is 0 Å². The molecule has 0 aromatic heterocycles. The number of hydrogen-bond acceptors (Lipinski definition) is 2. The van der Waals surface area contributed by atoms with E-state index in [0.29, 0.717) is 13.0 Å². The van der Waals surface area contributed by atoms with Crippen LogP contribution < -0.4 is 0 Å². The molecule has 0 saturated carbocycles. The molecule has 0 N–H and O–H groups in total. The zero-order valence-corrected chi connectivity index (χ0v) is 30.3. The lowest BCUT2D eigenvalue weighted by molar-refractivity contribution is -0.143. The molecule has 246 valence electrons. The van der Waals surface area contributed by atoms with E-state index >= 15 is 0 Å². The van der Waals surface area contributed by atoms with Gasteiger partial charge in [-0.15, -0.1) is 58.0 Å². The lowest BCUT2D eigenvalue weighted by atomic mass is 10.0. The van der Waals surface area contributed by atoms with Crippen LogP contribution in [0.25, 0.3) is 0 Å². The molecule has 0 heterocycles. The molecule has 7 heteroatoms. The van der Waals surface area contributed by atoms with Gasteiger partial charge in [-0.1, -0.05) is 110 Å². The first-order valence-electron chi connectivity index (χ1n) is 17.2. The second kappa shape index (κ2) is 30.9. The molecule has 0 amide bonds. The van der Waals surface area contributed by atoms with E-state index in [4.69, 9.17) is 62.7 Å². The van der Waals surface area contributed by atoms with Crippen LogP contribution in [0.15, 0.2) is 0 Å². The zero-order chi connectivity index (χ0) is 30.6. The quantitative estimate of drug-likeness (QED) is 0.0414. The van der Waals surface area contributed by atoms with Gasteiger partial charge in [0.2, 0.25) is 0 Å². The first kappa shape index (κ1) is 41.9. The van der Waals surface area contributed by atoms with Crippen molar-refractivity contribution in [3.63, 3.8) is 0 Å². The highest BCUT2D eigenvalue weighted by molar-refractivity contribution is 6.30. The standard InChI is InChI=1S/C34H63Cl5O2/c1-3-5-7-8-9-10-11-12-13-14-15-16-17-24-34(40)41-27-19-22-29(35)25-26-33(39)32(38)23-18-21-31(37)28-30(36)20-6-4-2/h29-33H,3-28H2,1-2H3. The lowest BCUT2D eigenvalue weighted by Gasteiger charge is -2.19. The van der Waals surface area contributed by atoms with E-state index in [1.54, 1.807) is 0 Å². The fraction of sp³-hybridized carbons (Fsp3) is 0.971. The van der Waals surface area contributed by atoms with Gasteiger partial charge in [0, 0.05) is 33.3 Å². The SMILES string of the molecule is CCCCCCCCCCCCCCCC(=O)OCCCC(Cl)CCC(Cl)C(Cl)CCCC(Cl)CC(Cl)CCCC. The molecule has 5 unspecified atom stereocenters. The largest absolute Gasteiger partial charge is 0.466 e. The molecule has 0 fully saturated rings. The maximum Gasteiger partial charge on any atom is 0.305 e. The van der Waals surface area contributed by atoms with Crippen molar-refractivity contribution < 1.29 is 9.53 Å². The molecule has 0 aliphatic rings. The van der Waals surface area contributed by atoms with Crippen LogP contribution in [0.3, 0.4) is 0 Å². The number of unbranched alkanes of at least 4 members (excludes halogenated alkanes) is 13. The summed E-state index contributed by atoms with van der Waals surface area (Å²) < 4.78 is 5.41. The van der Waals surface area contributed by atoms with Crippen molar-refractivity contribution in [2.45, 2.75) is 201 Å². The van der Waals surface area contributed by atoms with Crippen LogP contribution in [-0.2, 0) is 9.53 Å². The van der Waals surface area contributed by atoms with E-state index < -0.39 is 0 Å². The molecule has 0 aliphatic heterocycles. The number of halogens is 5. The number of hydrogen-bond donors (Lipinski definition) is 0. The Morgan fingerprint density at radius 3 is 1.51 bits per heavy atom. The Kier molecular flexibility index (Phi) is 31.6. The number of carbonyl (C=O) groups is 1. The van der Waals surface area contributed by atoms with Crippen LogP contribution in [0.2, 0.25) is 0 Å². The Hall–Kier alpha value is 0.920. The van der Waals surface area contributed by atoms with Gasteiger partial charge >= 0.3 is 5.97 Å². The van der Waals surface area contributed by atoms with E-state index in [1.165, 1.54) is 70.6 Å². The van der Waals surface area contributed by atoms with E-state index in [2.05, 4.69) is 13.8 Å². The number of ether oxygens (including phenoxy) is 1. The zero-order valence-electron chi connectivity index (χ0n) is 26.5. The Morgan fingerprint density at radius 1 is 0.488 bits per heavy atom. The van der Waals surface area contributed by atoms with Gasteiger partial charge in [0.25, 0.3) is 0 Å². The molecule has 0 aromatic carbocycles. The number of carbonyl (C=O) groups excluding carboxylic acids is 1. The normalized spacial score (nSPS) is 15.4. The number of alkyl halides is 5. The van der Waals surface area contributed by atoms with Crippen LogP contribution >= 0.6 is 58.0 Å². The van der Waals surface area contributed by atoms with Gasteiger partial charge in [-0.2, -0.15) is 0 Å². The second-order valence-electron chi connectivity index (χ2n) is 12.1. The van der Waals surface area contributed by atoms with Crippen molar-refractivity contribution in [3.8, 4) is 0 Å². The summed E-state index contributed by atoms with van der Waals surface area (Å²) in [4.78, 5) is 12.0. The summed E-state index contributed by atoms with van der Waals surface area (Å²) in [6, 6.07) is 0. The van der Waals surface area contributed by atoms with Crippen LogP contribution in [0, 0.1) is 0 Å². The van der Waals surface area contributed by atoms with Gasteiger partial charge in [0.15, 0.2) is 0 Å². The molecule has 0 radical (unpaired) electrons. The van der Waals surface area contributed by atoms with E-state index in [1.807, 2.05) is 0 Å². The molecule has 0 spiro atoms. The van der Waals surface area contributed by atoms with Gasteiger partial charge in [-0.3, -0.25) is 4.79 Å². The minimum absolute atomic E-state index is 0.0240. The van der Waals surface area contributed by atoms with Crippen LogP contribution in [-0.4, -0.2) is 39.5 Å². The first-order chi connectivity index (χ1) is 19.8. The fourth-order valence-corrected chi connectivity index (χ4v) is 6.81. The number of esters is 1. The highest BCUT2D eigenvalue weighted by Crippen LogP contribution is 2.26. The summed E-state index contributed by atoms with van der Waals surface area (Å²) in [5, 5.41) is 0.106. The molecule has 2 nitrogen and oxygen atoms in total. The van der Waals surface area contributed by atoms with Crippen LogP contribution in [0.4, 0.5) is 0 Å². The molecular formula is C34H63Cl5O2. The van der Waals surface area contributed by atoms with Gasteiger partial charge < -0.3 is 4.74 Å². The summed E-state index contributed by atoms with van der Waals surface area (Å²) in [6.07, 6.45) is 27.6. The summed E-state index contributed by atoms with van der Waals surface area (Å²) in [7, 11) is 0. The van der Waals surface area contributed by atoms with Gasteiger partial charge in [-0.25, -0.2) is 0 Å². The van der Waals surface area contributed by atoms with Crippen molar-refractivity contribution in [3.05, 3.63) is 0 Å². The molecule has 5 atom stereocenters. The molecular weight excluding hydrogens is 618 g/mol. The van der Waals surface area contributed by atoms with Gasteiger partial charge in [0.1, 0.15) is 0 Å². The predicted octanol–water partition coefficient (Wildman–Crippen LogP) is 13.4. The Bertz CT molecular complexity index is 565. The summed E-state index contributed by atoms with van der Waals surface area (Å²) in [6.45, 7) is 4.89. The second-order valence-corrected chi connectivity index (χ2v) is 15.0. The third-order valence-electron chi connectivity index (χ3n) is 7.94. The first-order valence-corrected chi connectivity index (χ1v) is 19.3. The molecule has 0 bridgehead atoms. The third-order valence-corrected chi connectivity index (χ3v) is 10.3. The van der Waals surface area contributed by atoms with Gasteiger partial charge in [-0.05, 0) is 57.8 Å². The highest BCUT2D eigenvalue weighted by Gasteiger charge is 2.19. The highest BCUT2D eigenvalue weighted by atomic mass is 35.5. The van der Waals surface area contributed by atoms with E-state index in [-0.39, 0.29) is 32.9 Å². The molecule has 0 aliphatic carbocycles. The molecule has 0 saturated heterocycles. The van der Waals surface area contributed by atoms with Crippen molar-refractivity contribution in [2.75, 3.05) is 6.61 Å². The minimum atomic E-state index is -0.102. The minimum Gasteiger partial charge on any atom is -0.466 e. The third kappa shape index (κ3) is 29.4.